The molecule has 0 aromatic heterocycles. The van der Waals surface area contributed by atoms with Crippen molar-refractivity contribution >= 4 is 0 Å². The SMILES string of the molecule is [2H]C1([2H])Cc2ccc(Cc3cc([C@@H]4O[C@H](CO)[C@@H](O)[C@H](O)[C@H]4O)c(F)cc3C3CC3)cc21. The standard InChI is InChI=1S/C24H27FO5/c25-19-10-17(14-4-5-14)16(8-12-1-2-13-3-6-15(13)7-12)9-18(19)24-23(29)22(28)21(27)20(11-26)30-24/h1-2,7,9-10,14,20-24,26-29H,3-6,8,11H2/t20-,21-,22+,23-,24+/m1/s1/i6D2. The summed E-state index contributed by atoms with van der Waals surface area (Å²) in [7, 11) is 0. The summed E-state index contributed by atoms with van der Waals surface area (Å²) >= 11 is 0. The molecule has 160 valence electrons. The third-order valence-electron chi connectivity index (χ3n) is 6.51. The molecular weight excluding hydrogens is 387 g/mol. The van der Waals surface area contributed by atoms with Gasteiger partial charge in [0.25, 0.3) is 0 Å². The maximum atomic E-state index is 15.2. The molecule has 0 unspecified atom stereocenters. The average molecular weight is 416 g/mol. The van der Waals surface area contributed by atoms with Crippen LogP contribution < -0.4 is 0 Å². The largest absolute Gasteiger partial charge is 0.394 e. The molecule has 0 bridgehead atoms. The second kappa shape index (κ2) is 7.70. The Kier molecular flexibility index (Phi) is 4.57. The van der Waals surface area contributed by atoms with E-state index in [1.54, 1.807) is 6.07 Å². The zero-order chi connectivity index (χ0) is 22.8. The third kappa shape index (κ3) is 3.47. The van der Waals surface area contributed by atoms with E-state index in [0.29, 0.717) is 18.4 Å². The molecular formula is C24H27FO5. The van der Waals surface area contributed by atoms with Crippen LogP contribution in [-0.4, -0.2) is 51.4 Å². The Bertz CT molecular complexity index is 1040. The normalized spacial score (nSPS) is 33.3. The first-order valence-electron chi connectivity index (χ1n) is 11.4. The predicted octanol–water partition coefficient (Wildman–Crippen LogP) is 1.91. The summed E-state index contributed by atoms with van der Waals surface area (Å²) in [6.45, 7) is -0.576. The van der Waals surface area contributed by atoms with E-state index in [1.165, 1.54) is 6.07 Å². The van der Waals surface area contributed by atoms with Gasteiger partial charge in [0, 0.05) is 8.30 Å². The zero-order valence-electron chi connectivity index (χ0n) is 18.5. The molecule has 5 atom stereocenters. The van der Waals surface area contributed by atoms with E-state index in [1.807, 2.05) is 18.2 Å². The van der Waals surface area contributed by atoms with E-state index in [4.69, 9.17) is 7.48 Å². The van der Waals surface area contributed by atoms with E-state index in [0.717, 1.165) is 35.1 Å². The summed E-state index contributed by atoms with van der Waals surface area (Å²) in [5.41, 5.74) is 4.44. The molecule has 1 heterocycles. The first-order chi connectivity index (χ1) is 15.2. The Morgan fingerprint density at radius 3 is 2.50 bits per heavy atom. The van der Waals surface area contributed by atoms with Gasteiger partial charge >= 0.3 is 0 Å². The Morgan fingerprint density at radius 2 is 1.80 bits per heavy atom. The first-order valence-corrected chi connectivity index (χ1v) is 10.4. The summed E-state index contributed by atoms with van der Waals surface area (Å²) < 4.78 is 36.8. The van der Waals surface area contributed by atoms with Gasteiger partial charge in [0.1, 0.15) is 36.3 Å². The first kappa shape index (κ1) is 17.8. The minimum absolute atomic E-state index is 0.0700. The number of rotatable bonds is 5. The molecule has 2 aliphatic carbocycles. The van der Waals surface area contributed by atoms with Crippen LogP contribution in [0.5, 0.6) is 0 Å². The monoisotopic (exact) mass is 416 g/mol. The molecule has 1 saturated carbocycles. The highest BCUT2D eigenvalue weighted by Gasteiger charge is 2.45. The molecule has 1 aliphatic heterocycles. The highest BCUT2D eigenvalue weighted by molar-refractivity contribution is 5.45. The quantitative estimate of drug-likeness (QED) is 0.598. The van der Waals surface area contributed by atoms with Crippen molar-refractivity contribution in [2.45, 2.75) is 68.5 Å². The van der Waals surface area contributed by atoms with Crippen LogP contribution in [0.1, 0.15) is 61.0 Å². The summed E-state index contributed by atoms with van der Waals surface area (Å²) in [6.07, 6.45) is -5.47. The highest BCUT2D eigenvalue weighted by Crippen LogP contribution is 2.44. The minimum atomic E-state index is -1.58. The van der Waals surface area contributed by atoms with Crippen molar-refractivity contribution in [1.29, 1.82) is 0 Å². The van der Waals surface area contributed by atoms with E-state index in [-0.39, 0.29) is 11.5 Å². The van der Waals surface area contributed by atoms with Crippen molar-refractivity contribution in [3.8, 4) is 0 Å². The second-order valence-corrected chi connectivity index (χ2v) is 8.62. The third-order valence-corrected chi connectivity index (χ3v) is 6.51. The van der Waals surface area contributed by atoms with Gasteiger partial charge in [-0.15, -0.1) is 0 Å². The van der Waals surface area contributed by atoms with Gasteiger partial charge in [-0.3, -0.25) is 0 Å². The van der Waals surface area contributed by atoms with Crippen molar-refractivity contribution in [2.24, 2.45) is 0 Å². The van der Waals surface area contributed by atoms with Gasteiger partial charge in [-0.05, 0) is 77.9 Å². The topological polar surface area (TPSA) is 90.2 Å². The Morgan fingerprint density at radius 1 is 1.00 bits per heavy atom. The van der Waals surface area contributed by atoms with Gasteiger partial charge in [-0.25, -0.2) is 4.39 Å². The molecule has 3 aliphatic rings. The van der Waals surface area contributed by atoms with E-state index in [2.05, 4.69) is 0 Å². The van der Waals surface area contributed by atoms with Crippen molar-refractivity contribution in [3.63, 3.8) is 0 Å². The number of fused-ring (bicyclic) bond motifs is 1. The molecule has 30 heavy (non-hydrogen) atoms. The average Bonchev–Trinajstić information content (AvgIpc) is 3.59. The summed E-state index contributed by atoms with van der Waals surface area (Å²) in [6, 6.07) is 8.87. The molecule has 0 amide bonds. The Labute approximate surface area is 177 Å². The van der Waals surface area contributed by atoms with Crippen molar-refractivity contribution < 1.29 is 32.3 Å². The maximum Gasteiger partial charge on any atom is 0.129 e. The molecule has 0 spiro atoms. The molecule has 5 nitrogen and oxygen atoms in total. The number of halogens is 1. The number of hydrogen-bond donors (Lipinski definition) is 4. The van der Waals surface area contributed by atoms with Crippen LogP contribution in [0.2, 0.25) is 0 Å². The van der Waals surface area contributed by atoms with Crippen LogP contribution in [0.3, 0.4) is 0 Å². The number of benzene rings is 2. The number of aliphatic hydroxyl groups excluding tert-OH is 4. The summed E-state index contributed by atoms with van der Waals surface area (Å²) in [5.74, 6) is -0.296. The maximum absolute atomic E-state index is 15.2. The summed E-state index contributed by atoms with van der Waals surface area (Å²) in [4.78, 5) is 0. The van der Waals surface area contributed by atoms with Gasteiger partial charge < -0.3 is 25.2 Å². The Hall–Kier alpha value is -1.83. The van der Waals surface area contributed by atoms with Crippen LogP contribution in [0.25, 0.3) is 0 Å². The highest BCUT2D eigenvalue weighted by atomic mass is 19.1. The fraction of sp³-hybridized carbons (Fsp3) is 0.500. The zero-order valence-corrected chi connectivity index (χ0v) is 16.5. The smallest absolute Gasteiger partial charge is 0.129 e. The molecule has 0 radical (unpaired) electrons. The van der Waals surface area contributed by atoms with Crippen molar-refractivity contribution in [2.75, 3.05) is 6.61 Å². The fourth-order valence-electron chi connectivity index (χ4n) is 4.51. The molecule has 6 heteroatoms. The van der Waals surface area contributed by atoms with Gasteiger partial charge in [0.15, 0.2) is 0 Å². The fourth-order valence-corrected chi connectivity index (χ4v) is 4.51. The Balaban J connectivity index is 1.51. The molecule has 5 rings (SSSR count). The lowest BCUT2D eigenvalue weighted by Crippen LogP contribution is -2.55. The number of ether oxygens (including phenoxy) is 1. The minimum Gasteiger partial charge on any atom is -0.394 e. The van der Waals surface area contributed by atoms with Gasteiger partial charge in [0.2, 0.25) is 0 Å². The lowest BCUT2D eigenvalue weighted by atomic mass is 9.84. The van der Waals surface area contributed by atoms with Crippen LogP contribution in [0, 0.1) is 5.82 Å². The molecule has 1 saturated heterocycles. The van der Waals surface area contributed by atoms with Gasteiger partial charge in [-0.2, -0.15) is 0 Å². The molecule has 2 aromatic rings. The molecule has 4 N–H and O–H groups in total. The number of hydrogen-bond acceptors (Lipinski definition) is 5. The second-order valence-electron chi connectivity index (χ2n) is 8.62. The molecule has 2 aromatic carbocycles. The number of aryl methyl sites for hydroxylation is 2. The lowest BCUT2D eigenvalue weighted by Gasteiger charge is -2.40. The van der Waals surface area contributed by atoms with E-state index < -0.39 is 49.3 Å². The van der Waals surface area contributed by atoms with E-state index in [9.17, 15) is 20.4 Å². The van der Waals surface area contributed by atoms with Crippen LogP contribution in [0.15, 0.2) is 30.3 Å². The lowest BCUT2D eigenvalue weighted by molar-refractivity contribution is -0.232. The van der Waals surface area contributed by atoms with E-state index >= 15 is 4.39 Å². The van der Waals surface area contributed by atoms with Crippen molar-refractivity contribution in [1.82, 2.24) is 0 Å². The van der Waals surface area contributed by atoms with Crippen LogP contribution in [0.4, 0.5) is 4.39 Å². The summed E-state index contributed by atoms with van der Waals surface area (Å²) in [5, 5.41) is 40.1. The molecule has 2 fully saturated rings. The number of aliphatic hydroxyl groups is 4. The van der Waals surface area contributed by atoms with Crippen LogP contribution in [-0.2, 0) is 24.0 Å². The predicted molar refractivity (Wildman–Crippen MR) is 108 cm³/mol. The van der Waals surface area contributed by atoms with Crippen molar-refractivity contribution in [3.05, 3.63) is 69.5 Å². The van der Waals surface area contributed by atoms with Crippen LogP contribution >= 0.6 is 0 Å². The van der Waals surface area contributed by atoms with Gasteiger partial charge in [-0.1, -0.05) is 18.2 Å². The van der Waals surface area contributed by atoms with Gasteiger partial charge in [0.05, 0.1) is 6.61 Å².